The predicted molar refractivity (Wildman–Crippen MR) is 80.8 cm³/mol. The van der Waals surface area contributed by atoms with Crippen LogP contribution in [0.25, 0.3) is 0 Å². The SMILES string of the molecule is C[N+]1(C)CC[N+](C)(CCNCCCN=C(N)N)CC1. The van der Waals surface area contributed by atoms with Crippen LogP contribution in [0.1, 0.15) is 6.42 Å². The van der Waals surface area contributed by atoms with Crippen LogP contribution in [0.3, 0.4) is 0 Å². The molecule has 6 heteroatoms. The average molecular weight is 272 g/mol. The van der Waals surface area contributed by atoms with Crippen LogP contribution in [0, 0.1) is 0 Å². The van der Waals surface area contributed by atoms with Crippen molar-refractivity contribution < 1.29 is 8.97 Å². The van der Waals surface area contributed by atoms with E-state index in [9.17, 15) is 0 Å². The summed E-state index contributed by atoms with van der Waals surface area (Å²) in [7, 11) is 7.02. The molecular weight excluding hydrogens is 240 g/mol. The molecule has 5 N–H and O–H groups in total. The van der Waals surface area contributed by atoms with Gasteiger partial charge in [0.1, 0.15) is 26.2 Å². The quantitative estimate of drug-likeness (QED) is 0.235. The Morgan fingerprint density at radius 1 is 1.05 bits per heavy atom. The van der Waals surface area contributed by atoms with E-state index in [4.69, 9.17) is 11.5 Å². The Morgan fingerprint density at radius 2 is 1.68 bits per heavy atom. The minimum absolute atomic E-state index is 0.187. The van der Waals surface area contributed by atoms with Gasteiger partial charge in [0.15, 0.2) is 5.96 Å². The zero-order valence-corrected chi connectivity index (χ0v) is 12.9. The molecule has 0 atom stereocenters. The van der Waals surface area contributed by atoms with Gasteiger partial charge in [-0.2, -0.15) is 0 Å². The van der Waals surface area contributed by atoms with Gasteiger partial charge in [-0.05, 0) is 13.0 Å². The molecule has 0 bridgehead atoms. The summed E-state index contributed by atoms with van der Waals surface area (Å²) in [5.74, 6) is 0.187. The van der Waals surface area contributed by atoms with E-state index in [0.29, 0.717) is 6.54 Å². The fourth-order valence-electron chi connectivity index (χ4n) is 2.36. The van der Waals surface area contributed by atoms with Crippen LogP contribution < -0.4 is 16.8 Å². The standard InChI is InChI=1S/C13H32N6/c1-18(2)9-11-19(3,12-10-18)8-7-16-5-4-6-17-13(14)15/h16H,4-12H2,1-3H3,(H4,14,15,17)/q+2. The van der Waals surface area contributed by atoms with Crippen LogP contribution in [0.5, 0.6) is 0 Å². The van der Waals surface area contributed by atoms with Crippen molar-refractivity contribution >= 4 is 5.96 Å². The molecule has 0 spiro atoms. The maximum atomic E-state index is 5.27. The van der Waals surface area contributed by atoms with Crippen LogP contribution >= 0.6 is 0 Å². The molecule has 1 fully saturated rings. The molecule has 1 rings (SSSR count). The molecule has 112 valence electrons. The highest BCUT2D eigenvalue weighted by atomic mass is 15.4. The number of likely N-dealkylation sites (N-methyl/N-ethyl adjacent to an activating group) is 2. The zero-order valence-electron chi connectivity index (χ0n) is 12.9. The molecule has 19 heavy (non-hydrogen) atoms. The lowest BCUT2D eigenvalue weighted by atomic mass is 10.2. The third-order valence-electron chi connectivity index (χ3n) is 4.12. The normalized spacial score (nSPS) is 21.0. The first-order chi connectivity index (χ1) is 8.83. The van der Waals surface area contributed by atoms with Gasteiger partial charge in [-0.3, -0.25) is 4.99 Å². The van der Waals surface area contributed by atoms with Crippen molar-refractivity contribution in [1.29, 1.82) is 0 Å². The number of quaternary nitrogens is 2. The van der Waals surface area contributed by atoms with Crippen molar-refractivity contribution in [1.82, 2.24) is 5.32 Å². The Hall–Kier alpha value is -0.850. The number of guanidine groups is 1. The largest absolute Gasteiger partial charge is 0.370 e. The van der Waals surface area contributed by atoms with E-state index in [1.54, 1.807) is 0 Å². The first-order valence-electron chi connectivity index (χ1n) is 7.25. The van der Waals surface area contributed by atoms with Crippen molar-refractivity contribution in [2.24, 2.45) is 16.5 Å². The summed E-state index contributed by atoms with van der Waals surface area (Å²) in [4.78, 5) is 3.97. The summed E-state index contributed by atoms with van der Waals surface area (Å²) in [5, 5.41) is 3.48. The molecule has 0 unspecified atom stereocenters. The van der Waals surface area contributed by atoms with Crippen molar-refractivity contribution in [2.45, 2.75) is 6.42 Å². The summed E-state index contributed by atoms with van der Waals surface area (Å²) in [6, 6.07) is 0. The number of hydrogen-bond acceptors (Lipinski definition) is 2. The predicted octanol–water partition coefficient (Wildman–Crippen LogP) is -1.22. The number of rotatable bonds is 7. The van der Waals surface area contributed by atoms with Crippen molar-refractivity contribution in [3.05, 3.63) is 0 Å². The molecule has 1 saturated heterocycles. The summed E-state index contributed by atoms with van der Waals surface area (Å²) < 4.78 is 2.36. The van der Waals surface area contributed by atoms with Crippen LogP contribution in [-0.2, 0) is 0 Å². The van der Waals surface area contributed by atoms with E-state index in [1.165, 1.54) is 41.7 Å². The highest BCUT2D eigenvalue weighted by Gasteiger charge is 2.33. The van der Waals surface area contributed by atoms with Gasteiger partial charge in [-0.1, -0.05) is 0 Å². The number of piperazine rings is 1. The summed E-state index contributed by atoms with van der Waals surface area (Å²) in [6.07, 6.45) is 0.992. The van der Waals surface area contributed by atoms with E-state index in [1.807, 2.05) is 0 Å². The highest BCUT2D eigenvalue weighted by Crippen LogP contribution is 2.12. The molecular formula is C13H32N6+2. The van der Waals surface area contributed by atoms with Crippen LogP contribution in [0.2, 0.25) is 0 Å². The molecule has 0 aromatic heterocycles. The molecule has 0 aromatic carbocycles. The number of nitrogens with zero attached hydrogens (tertiary/aromatic N) is 3. The fourth-order valence-corrected chi connectivity index (χ4v) is 2.36. The zero-order chi connectivity index (χ0) is 14.4. The fraction of sp³-hybridized carbons (Fsp3) is 0.923. The first-order valence-corrected chi connectivity index (χ1v) is 7.25. The minimum atomic E-state index is 0.187. The van der Waals surface area contributed by atoms with Crippen LogP contribution in [0.4, 0.5) is 0 Å². The third-order valence-corrected chi connectivity index (χ3v) is 4.12. The number of hydrogen-bond donors (Lipinski definition) is 3. The van der Waals surface area contributed by atoms with E-state index in [2.05, 4.69) is 31.5 Å². The summed E-state index contributed by atoms with van der Waals surface area (Å²) in [6.45, 7) is 9.10. The molecule has 1 aliphatic rings. The Bertz CT molecular complexity index is 286. The lowest BCUT2D eigenvalue weighted by molar-refractivity contribution is -1.01. The van der Waals surface area contributed by atoms with E-state index in [-0.39, 0.29) is 5.96 Å². The molecule has 0 amide bonds. The number of nitrogens with one attached hydrogen (secondary N) is 1. The van der Waals surface area contributed by atoms with Crippen molar-refractivity contribution in [3.63, 3.8) is 0 Å². The number of nitrogens with two attached hydrogens (primary N) is 2. The summed E-state index contributed by atoms with van der Waals surface area (Å²) in [5.41, 5.74) is 10.5. The summed E-state index contributed by atoms with van der Waals surface area (Å²) >= 11 is 0. The monoisotopic (exact) mass is 272 g/mol. The topological polar surface area (TPSA) is 76.4 Å². The smallest absolute Gasteiger partial charge is 0.185 e. The highest BCUT2D eigenvalue weighted by molar-refractivity contribution is 5.75. The Labute approximate surface area is 117 Å². The van der Waals surface area contributed by atoms with Crippen molar-refractivity contribution in [3.8, 4) is 0 Å². The van der Waals surface area contributed by atoms with Gasteiger partial charge >= 0.3 is 0 Å². The average Bonchev–Trinajstić information content (AvgIpc) is 2.32. The molecule has 0 aliphatic carbocycles. The third kappa shape index (κ3) is 6.75. The van der Waals surface area contributed by atoms with Crippen LogP contribution in [0.15, 0.2) is 4.99 Å². The lowest BCUT2D eigenvalue weighted by Crippen LogP contribution is -2.63. The first kappa shape index (κ1) is 16.2. The second-order valence-corrected chi connectivity index (χ2v) is 6.58. The molecule has 1 aliphatic heterocycles. The molecule has 1 heterocycles. The van der Waals surface area contributed by atoms with Gasteiger partial charge in [-0.25, -0.2) is 0 Å². The Balaban J connectivity index is 2.08. The van der Waals surface area contributed by atoms with Gasteiger partial charge in [0.05, 0.1) is 27.7 Å². The second-order valence-electron chi connectivity index (χ2n) is 6.58. The van der Waals surface area contributed by atoms with Gasteiger partial charge in [0.25, 0.3) is 0 Å². The molecule has 0 saturated carbocycles. The van der Waals surface area contributed by atoms with Gasteiger partial charge in [-0.15, -0.1) is 0 Å². The second kappa shape index (κ2) is 7.07. The van der Waals surface area contributed by atoms with Crippen LogP contribution in [-0.4, -0.2) is 88.4 Å². The Morgan fingerprint density at radius 3 is 2.26 bits per heavy atom. The van der Waals surface area contributed by atoms with E-state index >= 15 is 0 Å². The molecule has 6 nitrogen and oxygen atoms in total. The van der Waals surface area contributed by atoms with Gasteiger partial charge in [0.2, 0.25) is 0 Å². The van der Waals surface area contributed by atoms with Gasteiger partial charge in [0, 0.05) is 13.1 Å². The maximum Gasteiger partial charge on any atom is 0.185 e. The van der Waals surface area contributed by atoms with Gasteiger partial charge < -0.3 is 25.8 Å². The Kier molecular flexibility index (Phi) is 6.03. The molecule has 0 aromatic rings. The molecule has 0 radical (unpaired) electrons. The van der Waals surface area contributed by atoms with E-state index < -0.39 is 0 Å². The number of aliphatic imine (C=N–C) groups is 1. The minimum Gasteiger partial charge on any atom is -0.370 e. The lowest BCUT2D eigenvalue weighted by Gasteiger charge is -2.44. The van der Waals surface area contributed by atoms with E-state index in [0.717, 1.165) is 19.5 Å². The van der Waals surface area contributed by atoms with Crippen molar-refractivity contribution in [2.75, 3.05) is 73.5 Å². The maximum absolute atomic E-state index is 5.27.